The molecule has 13 heavy (non-hydrogen) atoms. The maximum Gasteiger partial charge on any atom is 0.0667 e. The van der Waals surface area contributed by atoms with E-state index < -0.39 is 0 Å². The van der Waals surface area contributed by atoms with Crippen molar-refractivity contribution in [2.75, 3.05) is 13.1 Å². The van der Waals surface area contributed by atoms with Crippen molar-refractivity contribution < 1.29 is 5.11 Å². The molecule has 0 aromatic carbocycles. The van der Waals surface area contributed by atoms with Gasteiger partial charge in [0.05, 0.1) is 6.10 Å². The first-order valence-electron chi connectivity index (χ1n) is 5.68. The fourth-order valence-electron chi connectivity index (χ4n) is 2.22. The lowest BCUT2D eigenvalue weighted by atomic mass is 10.0. The number of aliphatic hydroxyl groups is 1. The van der Waals surface area contributed by atoms with Crippen molar-refractivity contribution in [3.05, 3.63) is 0 Å². The summed E-state index contributed by atoms with van der Waals surface area (Å²) >= 11 is 0. The predicted molar refractivity (Wildman–Crippen MR) is 53.6 cm³/mol. The van der Waals surface area contributed by atoms with Crippen molar-refractivity contribution >= 4 is 0 Å². The molecule has 0 spiro atoms. The molecule has 0 bridgehead atoms. The molecule has 1 saturated carbocycles. The van der Waals surface area contributed by atoms with Crippen molar-refractivity contribution in [3.8, 4) is 0 Å². The Morgan fingerprint density at radius 1 is 1.23 bits per heavy atom. The van der Waals surface area contributed by atoms with E-state index in [1.54, 1.807) is 0 Å². The van der Waals surface area contributed by atoms with Crippen LogP contribution in [0, 0.1) is 5.92 Å². The van der Waals surface area contributed by atoms with Crippen LogP contribution >= 0.6 is 0 Å². The van der Waals surface area contributed by atoms with Crippen LogP contribution in [0.2, 0.25) is 0 Å². The minimum Gasteiger partial charge on any atom is -0.392 e. The van der Waals surface area contributed by atoms with Gasteiger partial charge in [0, 0.05) is 12.6 Å². The molecule has 1 aliphatic carbocycles. The van der Waals surface area contributed by atoms with Crippen molar-refractivity contribution in [1.82, 2.24) is 4.90 Å². The summed E-state index contributed by atoms with van der Waals surface area (Å²) in [7, 11) is 0. The van der Waals surface area contributed by atoms with Crippen molar-refractivity contribution in [2.45, 2.75) is 51.2 Å². The molecule has 1 N–H and O–H groups in total. The minimum absolute atomic E-state index is 0.0598. The maximum atomic E-state index is 9.54. The number of piperidine rings is 1. The largest absolute Gasteiger partial charge is 0.392 e. The van der Waals surface area contributed by atoms with Gasteiger partial charge < -0.3 is 5.11 Å². The summed E-state index contributed by atoms with van der Waals surface area (Å²) in [6.07, 6.45) is 6.37. The molecule has 0 unspecified atom stereocenters. The molecule has 0 aromatic rings. The first-order chi connectivity index (χ1) is 6.25. The van der Waals surface area contributed by atoms with Crippen LogP contribution in [0.3, 0.4) is 0 Å². The van der Waals surface area contributed by atoms with Crippen LogP contribution in [0.1, 0.15) is 39.0 Å². The van der Waals surface area contributed by atoms with E-state index in [2.05, 4.69) is 11.8 Å². The zero-order chi connectivity index (χ0) is 9.26. The lowest BCUT2D eigenvalue weighted by Crippen LogP contribution is -2.44. The lowest BCUT2D eigenvalue weighted by molar-refractivity contribution is 0.0397. The van der Waals surface area contributed by atoms with Crippen molar-refractivity contribution in [3.63, 3.8) is 0 Å². The summed E-state index contributed by atoms with van der Waals surface area (Å²) in [5, 5.41) is 9.54. The highest BCUT2D eigenvalue weighted by Gasteiger charge is 2.26. The Hall–Kier alpha value is -0.0800. The molecule has 76 valence electrons. The van der Waals surface area contributed by atoms with E-state index in [0.717, 1.165) is 18.9 Å². The lowest BCUT2D eigenvalue weighted by Gasteiger charge is -2.36. The summed E-state index contributed by atoms with van der Waals surface area (Å²) < 4.78 is 0. The third kappa shape index (κ3) is 2.68. The van der Waals surface area contributed by atoms with E-state index in [1.807, 2.05) is 0 Å². The van der Waals surface area contributed by atoms with Gasteiger partial charge in [-0.3, -0.25) is 4.90 Å². The van der Waals surface area contributed by atoms with Gasteiger partial charge in [-0.15, -0.1) is 0 Å². The van der Waals surface area contributed by atoms with Gasteiger partial charge in [0.1, 0.15) is 0 Å². The van der Waals surface area contributed by atoms with E-state index >= 15 is 0 Å². The monoisotopic (exact) mass is 183 g/mol. The molecule has 2 heteroatoms. The van der Waals surface area contributed by atoms with Gasteiger partial charge in [0.15, 0.2) is 0 Å². The van der Waals surface area contributed by atoms with Gasteiger partial charge in [0.25, 0.3) is 0 Å². The van der Waals surface area contributed by atoms with Crippen molar-refractivity contribution in [1.29, 1.82) is 0 Å². The van der Waals surface area contributed by atoms with Gasteiger partial charge in [-0.2, -0.15) is 0 Å². The van der Waals surface area contributed by atoms with Gasteiger partial charge in [-0.1, -0.05) is 12.8 Å². The number of β-amino-alcohol motifs (C(OH)–C–C–N with tert-alkyl or cyclic N) is 1. The number of hydrogen-bond donors (Lipinski definition) is 1. The molecule has 1 aliphatic heterocycles. The van der Waals surface area contributed by atoms with Gasteiger partial charge in [-0.05, 0) is 38.6 Å². The number of nitrogens with zero attached hydrogens (tertiary/aromatic N) is 1. The molecule has 2 rings (SSSR count). The molecule has 0 aromatic heterocycles. The number of aliphatic hydroxyl groups excluding tert-OH is 1. The van der Waals surface area contributed by atoms with Gasteiger partial charge in [-0.25, -0.2) is 0 Å². The highest BCUT2D eigenvalue weighted by Crippen LogP contribution is 2.33. The summed E-state index contributed by atoms with van der Waals surface area (Å²) in [4.78, 5) is 2.46. The summed E-state index contributed by atoms with van der Waals surface area (Å²) in [5.74, 6) is 1.02. The second kappa shape index (κ2) is 3.97. The normalized spacial score (nSPS) is 36.5. The molecule has 2 fully saturated rings. The molecule has 0 amide bonds. The van der Waals surface area contributed by atoms with Crippen LogP contribution in [0.15, 0.2) is 0 Å². The van der Waals surface area contributed by atoms with E-state index in [-0.39, 0.29) is 6.10 Å². The van der Waals surface area contributed by atoms with Gasteiger partial charge in [0.2, 0.25) is 0 Å². The SMILES string of the molecule is C[C@@H]1CC[C@@H](O)CN1CCC1CC1. The Balaban J connectivity index is 1.73. The topological polar surface area (TPSA) is 23.5 Å². The number of rotatable bonds is 3. The van der Waals surface area contributed by atoms with Crippen LogP contribution in [-0.2, 0) is 0 Å². The molecular formula is C11H21NO. The average Bonchev–Trinajstić information content (AvgIpc) is 2.90. The summed E-state index contributed by atoms with van der Waals surface area (Å²) in [6.45, 7) is 4.41. The Labute approximate surface area is 80.9 Å². The zero-order valence-corrected chi connectivity index (χ0v) is 8.58. The molecule has 2 aliphatic rings. The Morgan fingerprint density at radius 3 is 2.69 bits per heavy atom. The summed E-state index contributed by atoms with van der Waals surface area (Å²) in [6, 6.07) is 0.696. The molecule has 0 radical (unpaired) electrons. The van der Waals surface area contributed by atoms with Gasteiger partial charge >= 0.3 is 0 Å². The third-order valence-electron chi connectivity index (χ3n) is 3.51. The number of hydrogen-bond acceptors (Lipinski definition) is 2. The third-order valence-corrected chi connectivity index (χ3v) is 3.51. The summed E-state index contributed by atoms with van der Waals surface area (Å²) in [5.41, 5.74) is 0. The van der Waals surface area contributed by atoms with Crippen LogP contribution in [0.4, 0.5) is 0 Å². The van der Waals surface area contributed by atoms with Crippen LogP contribution < -0.4 is 0 Å². The fraction of sp³-hybridized carbons (Fsp3) is 1.00. The molecule has 1 heterocycles. The highest BCUT2D eigenvalue weighted by atomic mass is 16.3. The number of likely N-dealkylation sites (tertiary alicyclic amines) is 1. The average molecular weight is 183 g/mol. The second-order valence-corrected chi connectivity index (χ2v) is 4.81. The van der Waals surface area contributed by atoms with Crippen LogP contribution in [0.25, 0.3) is 0 Å². The molecule has 1 saturated heterocycles. The minimum atomic E-state index is -0.0598. The first-order valence-corrected chi connectivity index (χ1v) is 5.68. The van der Waals surface area contributed by atoms with E-state index in [4.69, 9.17) is 0 Å². The standard InChI is InChI=1S/C11H21NO/c1-9-2-5-11(13)8-12(9)7-6-10-3-4-10/h9-11,13H,2-8H2,1H3/t9-,11-/m1/s1. The van der Waals surface area contributed by atoms with E-state index in [0.29, 0.717) is 6.04 Å². The highest BCUT2D eigenvalue weighted by molar-refractivity contribution is 4.81. The van der Waals surface area contributed by atoms with Crippen molar-refractivity contribution in [2.24, 2.45) is 5.92 Å². The maximum absolute atomic E-state index is 9.54. The Kier molecular flexibility index (Phi) is 2.89. The first kappa shape index (κ1) is 9.47. The second-order valence-electron chi connectivity index (χ2n) is 4.81. The zero-order valence-electron chi connectivity index (χ0n) is 8.58. The van der Waals surface area contributed by atoms with Crippen LogP contribution in [0.5, 0.6) is 0 Å². The van der Waals surface area contributed by atoms with E-state index in [1.165, 1.54) is 32.2 Å². The Bertz CT molecular complexity index is 167. The smallest absolute Gasteiger partial charge is 0.0667 e. The molecule has 2 atom stereocenters. The molecule has 2 nitrogen and oxygen atoms in total. The predicted octanol–water partition coefficient (Wildman–Crippen LogP) is 1.63. The quantitative estimate of drug-likeness (QED) is 0.719. The fourth-order valence-corrected chi connectivity index (χ4v) is 2.22. The van der Waals surface area contributed by atoms with E-state index in [9.17, 15) is 5.11 Å². The van der Waals surface area contributed by atoms with Crippen LogP contribution in [-0.4, -0.2) is 35.2 Å². The Morgan fingerprint density at radius 2 is 2.00 bits per heavy atom. The molecular weight excluding hydrogens is 162 g/mol.